The van der Waals surface area contributed by atoms with E-state index in [1.165, 1.54) is 26.0 Å². The molecule has 5 nitrogen and oxygen atoms in total. The van der Waals surface area contributed by atoms with Crippen LogP contribution < -0.4 is 9.47 Å². The molecule has 1 aliphatic carbocycles. The largest absolute Gasteiger partial charge is 0.497 e. The maximum absolute atomic E-state index is 14.8. The minimum Gasteiger partial charge on any atom is -0.497 e. The zero-order valence-corrected chi connectivity index (χ0v) is 22.2. The lowest BCUT2D eigenvalue weighted by Gasteiger charge is -2.17. The molecule has 196 valence electrons. The Balaban J connectivity index is 1.58. The van der Waals surface area contributed by atoms with Gasteiger partial charge in [0.1, 0.15) is 23.9 Å². The number of carboxylic acids is 1. The predicted octanol–water partition coefficient (Wildman–Crippen LogP) is 6.95. The topological polar surface area (TPSA) is 72.8 Å². The standard InChI is InChI=1S/C30H33FO5S/c1-19(2)37(34)29-14-21(9-11-26(29)27-17-24(35-3)10-12-28(27)31)18-36-25-6-4-5-22(15-25)23(16-30(32)33)13-20-7-8-20/h4-6,9-12,14-15,17,19-20,23H,7-8,13,16,18H2,1-3H3,(H,32,33)/t23?,37-/m0/s1. The third kappa shape index (κ3) is 6.98. The van der Waals surface area contributed by atoms with E-state index in [0.717, 1.165) is 17.5 Å². The van der Waals surface area contributed by atoms with Crippen LogP contribution in [0.15, 0.2) is 65.6 Å². The van der Waals surface area contributed by atoms with Gasteiger partial charge >= 0.3 is 5.97 Å². The van der Waals surface area contributed by atoms with Crippen LogP contribution in [0.5, 0.6) is 11.5 Å². The lowest BCUT2D eigenvalue weighted by Crippen LogP contribution is -2.09. The van der Waals surface area contributed by atoms with Crippen LogP contribution in [0.4, 0.5) is 4.39 Å². The second-order valence-electron chi connectivity index (χ2n) is 9.86. The van der Waals surface area contributed by atoms with Crippen molar-refractivity contribution in [2.75, 3.05) is 7.11 Å². The molecule has 0 spiro atoms. The van der Waals surface area contributed by atoms with E-state index in [9.17, 15) is 18.5 Å². The van der Waals surface area contributed by atoms with Crippen LogP contribution in [0.1, 0.15) is 56.6 Å². The number of hydrogen-bond donors (Lipinski definition) is 1. The molecule has 3 aromatic rings. The van der Waals surface area contributed by atoms with Crippen LogP contribution in [0.3, 0.4) is 0 Å². The third-order valence-corrected chi connectivity index (χ3v) is 8.25. The Morgan fingerprint density at radius 3 is 2.51 bits per heavy atom. The van der Waals surface area contributed by atoms with Crippen molar-refractivity contribution in [2.45, 2.75) is 62.2 Å². The fourth-order valence-electron chi connectivity index (χ4n) is 4.47. The second kappa shape index (κ2) is 11.9. The Labute approximate surface area is 220 Å². The monoisotopic (exact) mass is 524 g/mol. The molecule has 1 saturated carbocycles. The number of halogens is 1. The molecule has 0 bridgehead atoms. The summed E-state index contributed by atoms with van der Waals surface area (Å²) < 4.78 is 39.3. The van der Waals surface area contributed by atoms with Gasteiger partial charge in [0.2, 0.25) is 0 Å². The van der Waals surface area contributed by atoms with E-state index in [-0.39, 0.29) is 24.2 Å². The average molecular weight is 525 g/mol. The van der Waals surface area contributed by atoms with Crippen LogP contribution in [0.25, 0.3) is 11.1 Å². The van der Waals surface area contributed by atoms with E-state index in [2.05, 4.69) is 0 Å². The first-order chi connectivity index (χ1) is 17.7. The normalized spacial score (nSPS) is 14.8. The zero-order chi connectivity index (χ0) is 26.5. The molecule has 2 atom stereocenters. The molecule has 3 aromatic carbocycles. The van der Waals surface area contributed by atoms with Crippen molar-refractivity contribution in [1.82, 2.24) is 0 Å². The smallest absolute Gasteiger partial charge is 0.303 e. The lowest BCUT2D eigenvalue weighted by molar-refractivity contribution is -0.137. The van der Waals surface area contributed by atoms with Crippen LogP contribution >= 0.6 is 0 Å². The summed E-state index contributed by atoms with van der Waals surface area (Å²) in [6, 6.07) is 17.6. The molecule has 4 rings (SSSR count). The highest BCUT2D eigenvalue weighted by Gasteiger charge is 2.28. The van der Waals surface area contributed by atoms with Crippen molar-refractivity contribution in [2.24, 2.45) is 5.92 Å². The molecule has 0 aromatic heterocycles. The lowest BCUT2D eigenvalue weighted by atomic mass is 9.90. The highest BCUT2D eigenvalue weighted by Crippen LogP contribution is 2.40. The number of carboxylic acid groups (broad SMARTS) is 1. The zero-order valence-electron chi connectivity index (χ0n) is 21.4. The summed E-state index contributed by atoms with van der Waals surface area (Å²) in [7, 11) is 0.167. The molecule has 0 heterocycles. The van der Waals surface area contributed by atoms with E-state index in [1.54, 1.807) is 18.2 Å². The summed E-state index contributed by atoms with van der Waals surface area (Å²) in [6.07, 6.45) is 3.32. The summed E-state index contributed by atoms with van der Waals surface area (Å²) in [4.78, 5) is 12.0. The Morgan fingerprint density at radius 2 is 1.84 bits per heavy atom. The van der Waals surface area contributed by atoms with E-state index in [4.69, 9.17) is 9.47 Å². The van der Waals surface area contributed by atoms with E-state index in [0.29, 0.717) is 33.4 Å². The van der Waals surface area contributed by atoms with Crippen LogP contribution in [0, 0.1) is 11.7 Å². The molecule has 1 N–H and O–H groups in total. The number of methoxy groups -OCH3 is 1. The molecule has 1 unspecified atom stereocenters. The van der Waals surface area contributed by atoms with Gasteiger partial charge in [0.25, 0.3) is 0 Å². The fraction of sp³-hybridized carbons (Fsp3) is 0.367. The Hall–Kier alpha value is -3.19. The van der Waals surface area contributed by atoms with Gasteiger partial charge in [-0.2, -0.15) is 0 Å². The Kier molecular flexibility index (Phi) is 8.64. The molecule has 7 heteroatoms. The van der Waals surface area contributed by atoms with E-state index >= 15 is 0 Å². The first-order valence-corrected chi connectivity index (χ1v) is 13.8. The van der Waals surface area contributed by atoms with E-state index < -0.39 is 22.6 Å². The SMILES string of the molecule is COc1ccc(F)c(-c2ccc(COc3cccc(C(CC(=O)O)CC4CC4)c3)cc2[S@@](=O)C(C)C)c1. The minimum atomic E-state index is -1.36. The third-order valence-electron chi connectivity index (χ3n) is 6.63. The molecule has 0 aliphatic heterocycles. The summed E-state index contributed by atoms with van der Waals surface area (Å²) in [5, 5.41) is 9.22. The fourth-order valence-corrected chi connectivity index (χ4v) is 5.64. The van der Waals surface area contributed by atoms with Crippen molar-refractivity contribution in [3.05, 3.63) is 77.6 Å². The van der Waals surface area contributed by atoms with Crippen LogP contribution in [-0.4, -0.2) is 27.6 Å². The molecule has 0 saturated heterocycles. The van der Waals surface area contributed by atoms with Crippen molar-refractivity contribution in [3.63, 3.8) is 0 Å². The maximum atomic E-state index is 14.8. The first kappa shape index (κ1) is 26.9. The van der Waals surface area contributed by atoms with Crippen molar-refractivity contribution >= 4 is 16.8 Å². The molecule has 1 aliphatic rings. The molecule has 37 heavy (non-hydrogen) atoms. The highest BCUT2D eigenvalue weighted by molar-refractivity contribution is 7.85. The van der Waals surface area contributed by atoms with Crippen molar-refractivity contribution in [3.8, 4) is 22.6 Å². The molecule has 0 amide bonds. The molecular formula is C30H33FO5S. The Bertz CT molecular complexity index is 1280. The van der Waals surface area contributed by atoms with Crippen molar-refractivity contribution < 1.29 is 28.0 Å². The summed E-state index contributed by atoms with van der Waals surface area (Å²) in [6.45, 7) is 3.97. The average Bonchev–Trinajstić information content (AvgIpc) is 3.71. The summed E-state index contributed by atoms with van der Waals surface area (Å²) in [5.74, 6) is 0.541. The first-order valence-electron chi connectivity index (χ1n) is 12.6. The van der Waals surface area contributed by atoms with Gasteiger partial charge in [-0.05, 0) is 65.8 Å². The number of rotatable bonds is 12. The van der Waals surface area contributed by atoms with Gasteiger partial charge in [0, 0.05) is 21.3 Å². The number of carbonyl (C=O) groups is 1. The Morgan fingerprint density at radius 1 is 1.05 bits per heavy atom. The summed E-state index contributed by atoms with van der Waals surface area (Å²) in [5.41, 5.74) is 2.67. The van der Waals surface area contributed by atoms with Gasteiger partial charge in [0.15, 0.2) is 0 Å². The van der Waals surface area contributed by atoms with Crippen LogP contribution in [-0.2, 0) is 22.2 Å². The number of ether oxygens (including phenoxy) is 2. The van der Waals surface area contributed by atoms with Gasteiger partial charge < -0.3 is 14.6 Å². The second-order valence-corrected chi connectivity index (χ2v) is 11.8. The molecular weight excluding hydrogens is 491 g/mol. The number of hydrogen-bond acceptors (Lipinski definition) is 4. The number of aliphatic carboxylic acids is 1. The van der Waals surface area contributed by atoms with Gasteiger partial charge in [-0.3, -0.25) is 9.00 Å². The highest BCUT2D eigenvalue weighted by atomic mass is 32.2. The molecule has 0 radical (unpaired) electrons. The van der Waals surface area contributed by atoms with Gasteiger partial charge in [-0.1, -0.05) is 51.0 Å². The van der Waals surface area contributed by atoms with Crippen molar-refractivity contribution in [1.29, 1.82) is 0 Å². The predicted molar refractivity (Wildman–Crippen MR) is 143 cm³/mol. The van der Waals surface area contributed by atoms with Crippen LogP contribution in [0.2, 0.25) is 0 Å². The minimum absolute atomic E-state index is 0.0364. The number of benzene rings is 3. The quantitative estimate of drug-likeness (QED) is 0.277. The van der Waals surface area contributed by atoms with Gasteiger partial charge in [-0.25, -0.2) is 4.39 Å². The van der Waals surface area contributed by atoms with Gasteiger partial charge in [-0.15, -0.1) is 0 Å². The van der Waals surface area contributed by atoms with Gasteiger partial charge in [0.05, 0.1) is 24.3 Å². The molecule has 1 fully saturated rings. The van der Waals surface area contributed by atoms with E-state index in [1.807, 2.05) is 50.2 Å². The maximum Gasteiger partial charge on any atom is 0.303 e. The summed E-state index contributed by atoms with van der Waals surface area (Å²) >= 11 is 0.